The molecule has 1 N–H and O–H groups in total. The van der Waals surface area contributed by atoms with E-state index in [1.807, 2.05) is 24.3 Å². The number of aliphatic hydroxyl groups excluding tert-OH is 1. The Morgan fingerprint density at radius 2 is 1.69 bits per heavy atom. The third kappa shape index (κ3) is 4.94. The maximum absolute atomic E-state index is 13.2. The zero-order valence-electron chi connectivity index (χ0n) is 14.3. The zero-order valence-corrected chi connectivity index (χ0v) is 14.3. The van der Waals surface area contributed by atoms with Crippen LogP contribution in [0, 0.1) is 0 Å². The van der Waals surface area contributed by atoms with Gasteiger partial charge in [-0.3, -0.25) is 0 Å². The topological polar surface area (TPSA) is 55.2 Å². The third-order valence-electron chi connectivity index (χ3n) is 4.43. The Morgan fingerprint density at radius 1 is 1.04 bits per heavy atom. The normalized spacial score (nSPS) is 15.4. The lowest BCUT2D eigenvalue weighted by Crippen LogP contribution is -2.17. The largest absolute Gasteiger partial charge is 0.460 e. The molecule has 0 saturated heterocycles. The van der Waals surface area contributed by atoms with E-state index in [1.165, 1.54) is 0 Å². The number of aliphatic hydroxyl groups is 1. The van der Waals surface area contributed by atoms with E-state index in [0.29, 0.717) is 6.42 Å². The fraction of sp³-hybridized carbons (Fsp3) is 0.474. The molecule has 0 bridgehead atoms. The van der Waals surface area contributed by atoms with Gasteiger partial charge in [0.2, 0.25) is 0 Å². The molecule has 0 amide bonds. The molecule has 1 saturated carbocycles. The van der Waals surface area contributed by atoms with Crippen molar-refractivity contribution in [2.45, 2.75) is 50.8 Å². The molecule has 140 valence electrons. The molecule has 7 heteroatoms. The van der Waals surface area contributed by atoms with Crippen molar-refractivity contribution < 1.29 is 23.0 Å². The lowest BCUT2D eigenvalue weighted by Gasteiger charge is -2.14. The van der Waals surface area contributed by atoms with Gasteiger partial charge in [-0.2, -0.15) is 23.1 Å². The molecule has 0 radical (unpaired) electrons. The fourth-order valence-corrected chi connectivity index (χ4v) is 3.08. The van der Waals surface area contributed by atoms with Crippen molar-refractivity contribution in [2.24, 2.45) is 0 Å². The van der Waals surface area contributed by atoms with E-state index in [-0.39, 0.29) is 30.8 Å². The summed E-state index contributed by atoms with van der Waals surface area (Å²) < 4.78 is 45.1. The summed E-state index contributed by atoms with van der Waals surface area (Å²) in [6.45, 7) is 0.0576. The number of hydrogen-bond donors (Lipinski definition) is 1. The Morgan fingerprint density at radius 3 is 2.31 bits per heavy atom. The SMILES string of the molecule is OCCc1ccc(Cc2cc(C(F)(F)F)nc(OC3CCCC3)n2)cc1. The lowest BCUT2D eigenvalue weighted by atomic mass is 10.1. The summed E-state index contributed by atoms with van der Waals surface area (Å²) in [6, 6.07) is 8.15. The van der Waals surface area contributed by atoms with E-state index in [4.69, 9.17) is 9.84 Å². The number of halogens is 3. The molecule has 0 atom stereocenters. The van der Waals surface area contributed by atoms with Crippen molar-refractivity contribution in [3.05, 3.63) is 52.8 Å². The summed E-state index contributed by atoms with van der Waals surface area (Å²) in [5.41, 5.74) is 1.10. The number of aromatic nitrogens is 2. The quantitative estimate of drug-likeness (QED) is 0.841. The Balaban J connectivity index is 1.82. The molecule has 2 aromatic rings. The maximum Gasteiger partial charge on any atom is 0.433 e. The second-order valence-corrected chi connectivity index (χ2v) is 6.52. The van der Waals surface area contributed by atoms with Crippen molar-refractivity contribution in [1.82, 2.24) is 9.97 Å². The molecule has 0 aliphatic heterocycles. The van der Waals surface area contributed by atoms with E-state index in [1.54, 1.807) is 0 Å². The van der Waals surface area contributed by atoms with Gasteiger partial charge in [-0.15, -0.1) is 0 Å². The van der Waals surface area contributed by atoms with Crippen LogP contribution in [0.15, 0.2) is 30.3 Å². The van der Waals surface area contributed by atoms with Gasteiger partial charge in [0, 0.05) is 13.0 Å². The zero-order chi connectivity index (χ0) is 18.6. The van der Waals surface area contributed by atoms with Crippen molar-refractivity contribution in [1.29, 1.82) is 0 Å². The van der Waals surface area contributed by atoms with Crippen LogP contribution in [0.4, 0.5) is 13.2 Å². The summed E-state index contributed by atoms with van der Waals surface area (Å²) in [5, 5.41) is 8.94. The van der Waals surface area contributed by atoms with Crippen LogP contribution < -0.4 is 4.74 Å². The van der Waals surface area contributed by atoms with Gasteiger partial charge in [0.25, 0.3) is 0 Å². The number of nitrogens with zero attached hydrogens (tertiary/aromatic N) is 2. The molecular weight excluding hydrogens is 345 g/mol. The van der Waals surface area contributed by atoms with Gasteiger partial charge < -0.3 is 9.84 Å². The summed E-state index contributed by atoms with van der Waals surface area (Å²) in [6.07, 6.45) is -0.187. The Hall–Kier alpha value is -2.15. The summed E-state index contributed by atoms with van der Waals surface area (Å²) >= 11 is 0. The van der Waals surface area contributed by atoms with Crippen LogP contribution in [0.3, 0.4) is 0 Å². The first-order chi connectivity index (χ1) is 12.4. The number of rotatable bonds is 6. The molecule has 0 spiro atoms. The van der Waals surface area contributed by atoms with E-state index in [2.05, 4.69) is 9.97 Å². The van der Waals surface area contributed by atoms with Crippen LogP contribution in [-0.4, -0.2) is 27.8 Å². The second-order valence-electron chi connectivity index (χ2n) is 6.52. The summed E-state index contributed by atoms with van der Waals surface area (Å²) in [4.78, 5) is 7.75. The molecule has 0 unspecified atom stereocenters. The van der Waals surface area contributed by atoms with Crippen molar-refractivity contribution in [3.63, 3.8) is 0 Å². The Labute approximate surface area is 150 Å². The summed E-state index contributed by atoms with van der Waals surface area (Å²) in [7, 11) is 0. The lowest BCUT2D eigenvalue weighted by molar-refractivity contribution is -0.141. The first kappa shape index (κ1) is 18.6. The third-order valence-corrected chi connectivity index (χ3v) is 4.43. The van der Waals surface area contributed by atoms with Crippen LogP contribution in [0.2, 0.25) is 0 Å². The molecule has 1 aromatic carbocycles. The van der Waals surface area contributed by atoms with E-state index < -0.39 is 11.9 Å². The van der Waals surface area contributed by atoms with E-state index in [9.17, 15) is 13.2 Å². The van der Waals surface area contributed by atoms with Crippen molar-refractivity contribution in [3.8, 4) is 6.01 Å². The van der Waals surface area contributed by atoms with E-state index >= 15 is 0 Å². The minimum Gasteiger partial charge on any atom is -0.460 e. The number of ether oxygens (including phenoxy) is 1. The Bertz CT molecular complexity index is 727. The number of hydrogen-bond acceptors (Lipinski definition) is 4. The highest BCUT2D eigenvalue weighted by atomic mass is 19.4. The average molecular weight is 366 g/mol. The molecule has 1 aromatic heterocycles. The van der Waals surface area contributed by atoms with E-state index in [0.717, 1.165) is 42.9 Å². The first-order valence-electron chi connectivity index (χ1n) is 8.74. The van der Waals surface area contributed by atoms with Gasteiger partial charge in [0.1, 0.15) is 6.10 Å². The van der Waals surface area contributed by atoms with Crippen molar-refractivity contribution >= 4 is 0 Å². The highest BCUT2D eigenvalue weighted by Crippen LogP contribution is 2.30. The Kier molecular flexibility index (Phi) is 5.76. The molecule has 26 heavy (non-hydrogen) atoms. The molecule has 1 aliphatic rings. The molecule has 1 fully saturated rings. The number of benzene rings is 1. The van der Waals surface area contributed by atoms with Gasteiger partial charge >= 0.3 is 12.2 Å². The molecule has 1 heterocycles. The molecular formula is C19H21F3N2O2. The maximum atomic E-state index is 13.2. The monoisotopic (exact) mass is 366 g/mol. The molecule has 4 nitrogen and oxygen atoms in total. The second kappa shape index (κ2) is 8.03. The predicted molar refractivity (Wildman–Crippen MR) is 90.0 cm³/mol. The van der Waals surface area contributed by atoms with Gasteiger partial charge in [0.15, 0.2) is 5.69 Å². The van der Waals surface area contributed by atoms with Crippen LogP contribution in [0.25, 0.3) is 0 Å². The van der Waals surface area contributed by atoms with Crippen molar-refractivity contribution in [2.75, 3.05) is 6.61 Å². The summed E-state index contributed by atoms with van der Waals surface area (Å²) in [5.74, 6) is 0. The smallest absolute Gasteiger partial charge is 0.433 e. The average Bonchev–Trinajstić information content (AvgIpc) is 3.09. The molecule has 3 rings (SSSR count). The minimum absolute atomic E-state index is 0.0576. The predicted octanol–water partition coefficient (Wildman–Crippen LogP) is 3.94. The number of alkyl halides is 3. The minimum atomic E-state index is -4.55. The highest BCUT2D eigenvalue weighted by molar-refractivity contribution is 5.28. The van der Waals surface area contributed by atoms with Crippen LogP contribution in [0.5, 0.6) is 6.01 Å². The standard InChI is InChI=1S/C19H21F3N2O2/c20-19(21,22)17-12-15(11-14-7-5-13(6-8-14)9-10-25)23-18(24-17)26-16-3-1-2-4-16/h5-8,12,16,25H,1-4,9-11H2. The molecule has 1 aliphatic carbocycles. The van der Waals surface area contributed by atoms with Gasteiger partial charge in [-0.05, 0) is 49.3 Å². The van der Waals surface area contributed by atoms with Gasteiger partial charge in [0.05, 0.1) is 5.69 Å². The van der Waals surface area contributed by atoms with Crippen LogP contribution >= 0.6 is 0 Å². The van der Waals surface area contributed by atoms with Crippen LogP contribution in [-0.2, 0) is 19.0 Å². The van der Waals surface area contributed by atoms with Gasteiger partial charge in [-0.25, -0.2) is 0 Å². The fourth-order valence-electron chi connectivity index (χ4n) is 3.08. The first-order valence-corrected chi connectivity index (χ1v) is 8.74. The van der Waals surface area contributed by atoms with Crippen LogP contribution in [0.1, 0.15) is 48.2 Å². The van der Waals surface area contributed by atoms with Gasteiger partial charge in [-0.1, -0.05) is 24.3 Å². The highest BCUT2D eigenvalue weighted by Gasteiger charge is 2.34.